The Morgan fingerprint density at radius 3 is 3.04 bits per heavy atom. The predicted octanol–water partition coefficient (Wildman–Crippen LogP) is 2.90. The zero-order valence-corrected chi connectivity index (χ0v) is 15.1. The Labute approximate surface area is 157 Å². The number of carbonyl (C=O) groups excluding carboxylic acids is 1. The molecule has 138 valence electrons. The molecule has 4 rings (SSSR count). The van der Waals surface area contributed by atoms with Crippen molar-refractivity contribution >= 4 is 5.91 Å². The van der Waals surface area contributed by atoms with Crippen LogP contribution in [-0.2, 0) is 0 Å². The molecule has 1 N–H and O–H groups in total. The van der Waals surface area contributed by atoms with Crippen molar-refractivity contribution in [2.75, 3.05) is 20.2 Å². The summed E-state index contributed by atoms with van der Waals surface area (Å²) in [5.41, 5.74) is 3.21. The van der Waals surface area contributed by atoms with E-state index in [1.54, 1.807) is 31.8 Å². The van der Waals surface area contributed by atoms with Gasteiger partial charge in [-0.05, 0) is 31.0 Å². The van der Waals surface area contributed by atoms with E-state index < -0.39 is 0 Å². The second-order valence-corrected chi connectivity index (χ2v) is 6.62. The minimum Gasteiger partial charge on any atom is -0.497 e. The number of aromatic amines is 1. The molecular weight excluding hydrogens is 342 g/mol. The van der Waals surface area contributed by atoms with Gasteiger partial charge in [-0.3, -0.25) is 14.9 Å². The van der Waals surface area contributed by atoms with Crippen LogP contribution in [-0.4, -0.2) is 51.2 Å². The first kappa shape index (κ1) is 17.2. The van der Waals surface area contributed by atoms with E-state index in [4.69, 9.17) is 9.72 Å². The Morgan fingerprint density at radius 2 is 2.22 bits per heavy atom. The lowest BCUT2D eigenvalue weighted by atomic mass is 9.94. The van der Waals surface area contributed by atoms with Crippen molar-refractivity contribution < 1.29 is 9.53 Å². The number of H-pyrrole nitrogens is 1. The average molecular weight is 363 g/mol. The van der Waals surface area contributed by atoms with Gasteiger partial charge in [-0.15, -0.1) is 0 Å². The molecule has 1 aliphatic heterocycles. The molecule has 0 saturated carbocycles. The van der Waals surface area contributed by atoms with Gasteiger partial charge in [0.25, 0.3) is 5.91 Å². The summed E-state index contributed by atoms with van der Waals surface area (Å²) in [6.45, 7) is 1.38. The lowest BCUT2D eigenvalue weighted by Crippen LogP contribution is -2.39. The summed E-state index contributed by atoms with van der Waals surface area (Å²) in [6, 6.07) is 9.48. The second kappa shape index (κ2) is 7.57. The number of nitrogens with zero attached hydrogens (tertiary/aromatic N) is 4. The van der Waals surface area contributed by atoms with Crippen molar-refractivity contribution in [3.8, 4) is 17.0 Å². The van der Waals surface area contributed by atoms with Gasteiger partial charge in [-0.25, -0.2) is 4.98 Å². The van der Waals surface area contributed by atoms with E-state index >= 15 is 0 Å². The highest BCUT2D eigenvalue weighted by molar-refractivity contribution is 5.92. The summed E-state index contributed by atoms with van der Waals surface area (Å²) in [5.74, 6) is 0.937. The molecule has 0 spiro atoms. The lowest BCUT2D eigenvalue weighted by molar-refractivity contribution is 0.0700. The summed E-state index contributed by atoms with van der Waals surface area (Å²) in [4.78, 5) is 23.7. The van der Waals surface area contributed by atoms with Crippen LogP contribution in [0.15, 0.2) is 48.9 Å². The Kier molecular flexibility index (Phi) is 4.82. The van der Waals surface area contributed by atoms with E-state index in [1.165, 1.54) is 0 Å². The van der Waals surface area contributed by atoms with Crippen molar-refractivity contribution in [2.24, 2.45) is 0 Å². The zero-order valence-electron chi connectivity index (χ0n) is 15.1. The summed E-state index contributed by atoms with van der Waals surface area (Å²) in [5, 5.41) is 6.62. The van der Waals surface area contributed by atoms with E-state index in [0.29, 0.717) is 12.2 Å². The fourth-order valence-electron chi connectivity index (χ4n) is 3.45. The lowest BCUT2D eigenvalue weighted by Gasteiger charge is -2.32. The smallest absolute Gasteiger partial charge is 0.271 e. The van der Waals surface area contributed by atoms with Crippen molar-refractivity contribution in [1.82, 2.24) is 25.1 Å². The Bertz CT molecular complexity index is 926. The number of amides is 1. The van der Waals surface area contributed by atoms with Gasteiger partial charge in [0.05, 0.1) is 24.7 Å². The molecule has 0 bridgehead atoms. The standard InChI is InChI=1S/C20H21N5O2/c1-27-16-6-2-4-14(10-16)18-11-21-12-19(23-18)15-5-3-9-25(13-15)20(26)17-7-8-22-24-17/h2,4,6-8,10-12,15H,3,5,9,13H2,1H3,(H,22,24)/t15-/m1/s1. The quantitative estimate of drug-likeness (QED) is 0.770. The Morgan fingerprint density at radius 1 is 1.30 bits per heavy atom. The highest BCUT2D eigenvalue weighted by Gasteiger charge is 2.27. The van der Waals surface area contributed by atoms with E-state index in [-0.39, 0.29) is 11.8 Å². The number of likely N-dealkylation sites (tertiary alicyclic amines) is 1. The highest BCUT2D eigenvalue weighted by atomic mass is 16.5. The minimum atomic E-state index is -0.0193. The van der Waals surface area contributed by atoms with Crippen molar-refractivity contribution in [2.45, 2.75) is 18.8 Å². The van der Waals surface area contributed by atoms with Gasteiger partial charge in [-0.2, -0.15) is 5.10 Å². The van der Waals surface area contributed by atoms with Crippen molar-refractivity contribution in [3.05, 3.63) is 60.3 Å². The molecule has 0 aliphatic carbocycles. The molecule has 0 radical (unpaired) electrons. The van der Waals surface area contributed by atoms with E-state index in [2.05, 4.69) is 15.2 Å². The van der Waals surface area contributed by atoms with E-state index in [9.17, 15) is 4.79 Å². The monoisotopic (exact) mass is 363 g/mol. The van der Waals surface area contributed by atoms with Crippen molar-refractivity contribution in [3.63, 3.8) is 0 Å². The molecular formula is C20H21N5O2. The molecule has 27 heavy (non-hydrogen) atoms. The Hall–Kier alpha value is -3.22. The molecule has 1 aliphatic rings. The van der Waals surface area contributed by atoms with Crippen LogP contribution in [0.2, 0.25) is 0 Å². The summed E-state index contributed by atoms with van der Waals surface area (Å²) in [7, 11) is 1.65. The normalized spacial score (nSPS) is 16.9. The van der Waals surface area contributed by atoms with Crippen LogP contribution in [0.5, 0.6) is 5.75 Å². The maximum atomic E-state index is 12.6. The Balaban J connectivity index is 1.55. The largest absolute Gasteiger partial charge is 0.497 e. The van der Waals surface area contributed by atoms with Gasteiger partial charge in [0, 0.05) is 37.0 Å². The first-order chi connectivity index (χ1) is 13.2. The minimum absolute atomic E-state index is 0.0193. The van der Waals surface area contributed by atoms with Crippen LogP contribution in [0.4, 0.5) is 0 Å². The molecule has 3 heterocycles. The highest BCUT2D eigenvalue weighted by Crippen LogP contribution is 2.28. The maximum absolute atomic E-state index is 12.6. The first-order valence-corrected chi connectivity index (χ1v) is 8.99. The number of nitrogens with one attached hydrogen (secondary N) is 1. The van der Waals surface area contributed by atoms with Gasteiger partial charge in [0.2, 0.25) is 0 Å². The molecule has 1 aromatic carbocycles. The fourth-order valence-corrected chi connectivity index (χ4v) is 3.45. The zero-order chi connectivity index (χ0) is 18.6. The number of hydrogen-bond acceptors (Lipinski definition) is 5. The predicted molar refractivity (Wildman–Crippen MR) is 100 cm³/mol. The third kappa shape index (κ3) is 3.67. The van der Waals surface area contributed by atoms with Gasteiger partial charge < -0.3 is 9.64 Å². The van der Waals surface area contributed by atoms with Crippen LogP contribution in [0, 0.1) is 0 Å². The molecule has 1 amide bonds. The van der Waals surface area contributed by atoms with Gasteiger partial charge in [0.1, 0.15) is 11.4 Å². The number of aromatic nitrogens is 4. The van der Waals surface area contributed by atoms with E-state index in [0.717, 1.165) is 42.1 Å². The SMILES string of the molecule is COc1cccc(-c2cncc([C@@H]3CCCN(C(=O)c4ccn[nH]4)C3)n2)c1. The molecule has 7 nitrogen and oxygen atoms in total. The number of hydrogen-bond donors (Lipinski definition) is 1. The van der Waals surface area contributed by atoms with Crippen molar-refractivity contribution in [1.29, 1.82) is 0 Å². The van der Waals surface area contributed by atoms with Crippen LogP contribution in [0.25, 0.3) is 11.3 Å². The van der Waals surface area contributed by atoms with Crippen LogP contribution >= 0.6 is 0 Å². The number of piperidine rings is 1. The van der Waals surface area contributed by atoms with Gasteiger partial charge >= 0.3 is 0 Å². The maximum Gasteiger partial charge on any atom is 0.271 e. The molecule has 0 unspecified atom stereocenters. The van der Waals surface area contributed by atoms with Gasteiger partial charge in [-0.1, -0.05) is 12.1 Å². The molecule has 7 heteroatoms. The van der Waals surface area contributed by atoms with Crippen LogP contribution in [0.3, 0.4) is 0 Å². The molecule has 3 aromatic rings. The topological polar surface area (TPSA) is 84.0 Å². The molecule has 1 fully saturated rings. The van der Waals surface area contributed by atoms with Crippen LogP contribution < -0.4 is 4.74 Å². The van der Waals surface area contributed by atoms with Gasteiger partial charge in [0.15, 0.2) is 0 Å². The summed E-state index contributed by atoms with van der Waals surface area (Å²) >= 11 is 0. The fraction of sp³-hybridized carbons (Fsp3) is 0.300. The molecule has 1 saturated heterocycles. The first-order valence-electron chi connectivity index (χ1n) is 8.99. The third-order valence-corrected chi connectivity index (χ3v) is 4.88. The summed E-state index contributed by atoms with van der Waals surface area (Å²) < 4.78 is 5.30. The number of rotatable bonds is 4. The van der Waals surface area contributed by atoms with E-state index in [1.807, 2.05) is 29.2 Å². The van der Waals surface area contributed by atoms with Crippen LogP contribution in [0.1, 0.15) is 34.9 Å². The number of benzene rings is 1. The number of carbonyl (C=O) groups is 1. The average Bonchev–Trinajstić information content (AvgIpc) is 3.28. The molecule has 1 atom stereocenters. The molecule has 2 aromatic heterocycles. The summed E-state index contributed by atoms with van der Waals surface area (Å²) in [6.07, 6.45) is 7.09. The number of methoxy groups -OCH3 is 1. The number of ether oxygens (including phenoxy) is 1. The third-order valence-electron chi connectivity index (χ3n) is 4.88. The second-order valence-electron chi connectivity index (χ2n) is 6.62.